The van der Waals surface area contributed by atoms with Crippen LogP contribution in [0.25, 0.3) is 0 Å². The minimum atomic E-state index is -2.96. The van der Waals surface area contributed by atoms with Gasteiger partial charge in [0.15, 0.2) is 0 Å². The number of rotatable bonds is 2. The molecule has 2 unspecified atom stereocenters. The number of fused-ring (bicyclic) bond motifs is 2. The Morgan fingerprint density at radius 2 is 1.80 bits per heavy atom. The van der Waals surface area contributed by atoms with Gasteiger partial charge in [-0.1, -0.05) is 20.8 Å². The average molecular weight is 234 g/mol. The van der Waals surface area contributed by atoms with Gasteiger partial charge in [0.1, 0.15) is 0 Å². The van der Waals surface area contributed by atoms with E-state index in [9.17, 15) is 8.42 Å². The predicted molar refractivity (Wildman–Crippen MR) is 62.3 cm³/mol. The number of likely N-dealkylation sites (N-methyl/N-ethyl adjacent to an activating group) is 1. The van der Waals surface area contributed by atoms with Gasteiger partial charge in [-0.05, 0) is 13.0 Å². The number of likely N-dealkylation sites (tertiary alicyclic amines) is 1. The molecule has 0 saturated carbocycles. The van der Waals surface area contributed by atoms with E-state index in [-0.39, 0.29) is 6.04 Å². The molecule has 0 N–H and O–H groups in total. The Kier molecular flexibility index (Phi) is 4.14. The van der Waals surface area contributed by atoms with Gasteiger partial charge in [-0.3, -0.25) is 4.90 Å². The van der Waals surface area contributed by atoms with Crippen LogP contribution in [0.1, 0.15) is 27.2 Å². The molecular formula is C10H22N2O2S. The molecule has 2 rings (SSSR count). The van der Waals surface area contributed by atoms with Crippen LogP contribution in [0.3, 0.4) is 0 Å². The summed E-state index contributed by atoms with van der Waals surface area (Å²) >= 11 is 0. The minimum absolute atomic E-state index is 0.250. The maximum Gasteiger partial charge on any atom is 0.211 e. The van der Waals surface area contributed by atoms with Gasteiger partial charge in [-0.2, -0.15) is 4.31 Å². The van der Waals surface area contributed by atoms with Crippen LogP contribution in [0.5, 0.6) is 0 Å². The second-order valence-corrected chi connectivity index (χ2v) is 5.90. The van der Waals surface area contributed by atoms with Gasteiger partial charge in [0.25, 0.3) is 0 Å². The van der Waals surface area contributed by atoms with Crippen LogP contribution in [-0.2, 0) is 10.0 Å². The fraction of sp³-hybridized carbons (Fsp3) is 1.00. The smallest absolute Gasteiger partial charge is 0.211 e. The van der Waals surface area contributed by atoms with Crippen molar-refractivity contribution in [3.8, 4) is 0 Å². The fourth-order valence-electron chi connectivity index (χ4n) is 2.51. The highest BCUT2D eigenvalue weighted by Gasteiger charge is 2.45. The maximum atomic E-state index is 11.3. The van der Waals surface area contributed by atoms with Crippen LogP contribution < -0.4 is 0 Å². The highest BCUT2D eigenvalue weighted by atomic mass is 32.2. The maximum absolute atomic E-state index is 11.3. The Morgan fingerprint density at radius 1 is 1.20 bits per heavy atom. The summed E-state index contributed by atoms with van der Waals surface area (Å²) in [5.41, 5.74) is 0. The van der Waals surface area contributed by atoms with Gasteiger partial charge in [-0.15, -0.1) is 0 Å². The van der Waals surface area contributed by atoms with Crippen LogP contribution in [-0.4, -0.2) is 55.6 Å². The molecule has 2 aliphatic heterocycles. The summed E-state index contributed by atoms with van der Waals surface area (Å²) in [5, 5.41) is 0. The van der Waals surface area contributed by atoms with Gasteiger partial charge >= 0.3 is 0 Å². The van der Waals surface area contributed by atoms with Crippen molar-refractivity contribution < 1.29 is 8.42 Å². The molecule has 0 aromatic rings. The van der Waals surface area contributed by atoms with Crippen LogP contribution in [0.2, 0.25) is 0 Å². The Bertz CT molecular complexity index is 303. The molecule has 5 heteroatoms. The second-order valence-electron chi connectivity index (χ2n) is 3.96. The van der Waals surface area contributed by atoms with Crippen molar-refractivity contribution in [1.82, 2.24) is 9.21 Å². The van der Waals surface area contributed by atoms with E-state index in [1.54, 1.807) is 4.31 Å². The lowest BCUT2D eigenvalue weighted by Crippen LogP contribution is -2.48. The van der Waals surface area contributed by atoms with Crippen molar-refractivity contribution in [3.05, 3.63) is 0 Å². The van der Waals surface area contributed by atoms with E-state index in [2.05, 4.69) is 11.8 Å². The third-order valence-electron chi connectivity index (χ3n) is 3.14. The van der Waals surface area contributed by atoms with Crippen LogP contribution in [0, 0.1) is 0 Å². The number of hydrogen-bond acceptors (Lipinski definition) is 3. The minimum Gasteiger partial charge on any atom is -0.298 e. The van der Waals surface area contributed by atoms with Crippen LogP contribution in [0.15, 0.2) is 0 Å². The molecule has 2 fully saturated rings. The number of piperazine rings is 1. The first kappa shape index (κ1) is 12.9. The quantitative estimate of drug-likeness (QED) is 0.708. The molecule has 90 valence electrons. The van der Waals surface area contributed by atoms with Gasteiger partial charge < -0.3 is 0 Å². The highest BCUT2D eigenvalue weighted by molar-refractivity contribution is 7.88. The van der Waals surface area contributed by atoms with Crippen molar-refractivity contribution in [1.29, 1.82) is 0 Å². The van der Waals surface area contributed by atoms with Crippen LogP contribution in [0.4, 0.5) is 0 Å². The number of nitrogens with zero attached hydrogens (tertiary/aromatic N) is 2. The summed E-state index contributed by atoms with van der Waals surface area (Å²) in [6.45, 7) is 8.80. The van der Waals surface area contributed by atoms with E-state index in [4.69, 9.17) is 0 Å². The molecule has 0 radical (unpaired) electrons. The molecule has 0 spiro atoms. The fourth-order valence-corrected chi connectivity index (χ4v) is 3.64. The molecule has 2 aliphatic rings. The second kappa shape index (κ2) is 4.80. The first-order valence-corrected chi connectivity index (χ1v) is 7.58. The van der Waals surface area contributed by atoms with E-state index in [0.29, 0.717) is 12.6 Å². The first-order chi connectivity index (χ1) is 7.02. The molecule has 4 nitrogen and oxygen atoms in total. The lowest BCUT2D eigenvalue weighted by Gasteiger charge is -2.31. The third-order valence-corrected chi connectivity index (χ3v) is 4.44. The zero-order chi connectivity index (χ0) is 11.6. The summed E-state index contributed by atoms with van der Waals surface area (Å²) in [6, 6.07) is 0.727. The predicted octanol–water partition coefficient (Wildman–Crippen LogP) is 0.751. The lowest BCUT2D eigenvalue weighted by molar-refractivity contribution is 0.190. The SMILES string of the molecule is CC.CCN1CC2CC1CN2S(C)(=O)=O. The van der Waals surface area contributed by atoms with E-state index >= 15 is 0 Å². The van der Waals surface area contributed by atoms with Crippen molar-refractivity contribution in [2.24, 2.45) is 0 Å². The zero-order valence-electron chi connectivity index (χ0n) is 10.1. The molecule has 0 aromatic heterocycles. The van der Waals surface area contributed by atoms with E-state index in [1.165, 1.54) is 6.26 Å². The van der Waals surface area contributed by atoms with Crippen molar-refractivity contribution >= 4 is 10.0 Å². The van der Waals surface area contributed by atoms with Gasteiger partial charge in [0, 0.05) is 25.2 Å². The van der Waals surface area contributed by atoms with E-state index < -0.39 is 10.0 Å². The summed E-state index contributed by atoms with van der Waals surface area (Å²) in [7, 11) is -2.96. The molecule has 0 aliphatic carbocycles. The average Bonchev–Trinajstić information content (AvgIpc) is 2.77. The Hall–Kier alpha value is -0.130. The third kappa shape index (κ3) is 2.52. The summed E-state index contributed by atoms with van der Waals surface area (Å²) in [5.74, 6) is 0. The summed E-state index contributed by atoms with van der Waals surface area (Å²) in [6.07, 6.45) is 2.34. The molecule has 0 aromatic carbocycles. The molecular weight excluding hydrogens is 212 g/mol. The zero-order valence-corrected chi connectivity index (χ0v) is 10.9. The van der Waals surface area contributed by atoms with Crippen molar-refractivity contribution in [2.75, 3.05) is 25.9 Å². The molecule has 15 heavy (non-hydrogen) atoms. The monoisotopic (exact) mass is 234 g/mol. The number of hydrogen-bond donors (Lipinski definition) is 0. The van der Waals surface area contributed by atoms with Crippen LogP contribution >= 0.6 is 0 Å². The molecule has 2 saturated heterocycles. The van der Waals surface area contributed by atoms with Gasteiger partial charge in [0.05, 0.1) is 6.26 Å². The number of sulfonamides is 1. The van der Waals surface area contributed by atoms with Crippen molar-refractivity contribution in [2.45, 2.75) is 39.3 Å². The first-order valence-electron chi connectivity index (χ1n) is 5.73. The molecule has 2 bridgehead atoms. The van der Waals surface area contributed by atoms with E-state index in [1.807, 2.05) is 13.8 Å². The molecule has 2 heterocycles. The summed E-state index contributed by atoms with van der Waals surface area (Å²) < 4.78 is 24.3. The molecule has 0 amide bonds. The standard InChI is InChI=1S/C8H16N2O2S.C2H6/c1-3-9-5-8-4-7(9)6-10(8)13(2,11)12;1-2/h7-8H,3-6H2,1-2H3;1-2H3. The lowest BCUT2D eigenvalue weighted by atomic mass is 10.2. The Balaban J connectivity index is 0.000000531. The molecule has 2 atom stereocenters. The summed E-state index contributed by atoms with van der Waals surface area (Å²) in [4.78, 5) is 2.37. The largest absolute Gasteiger partial charge is 0.298 e. The van der Waals surface area contributed by atoms with E-state index in [0.717, 1.165) is 19.5 Å². The highest BCUT2D eigenvalue weighted by Crippen LogP contribution is 2.31. The van der Waals surface area contributed by atoms with Crippen molar-refractivity contribution in [3.63, 3.8) is 0 Å². The van der Waals surface area contributed by atoms with Gasteiger partial charge in [-0.25, -0.2) is 8.42 Å². The normalized spacial score (nSPS) is 31.5. The van der Waals surface area contributed by atoms with Gasteiger partial charge in [0.2, 0.25) is 10.0 Å². The topological polar surface area (TPSA) is 40.6 Å². The Labute approximate surface area is 93.3 Å². The Morgan fingerprint density at radius 3 is 2.13 bits per heavy atom.